The molecule has 1 aliphatic heterocycles. The smallest absolute Gasteiger partial charge is 0.191 e. The average molecular weight is 511 g/mol. The van der Waals surface area contributed by atoms with Gasteiger partial charge in [0.15, 0.2) is 11.8 Å². The molecule has 0 spiro atoms. The minimum atomic E-state index is 0. The first-order valence-corrected chi connectivity index (χ1v) is 10.3. The molecule has 1 atom stereocenters. The Bertz CT molecular complexity index is 760. The van der Waals surface area contributed by atoms with Gasteiger partial charge >= 0.3 is 0 Å². The molecular weight excluding hydrogens is 477 g/mol. The van der Waals surface area contributed by atoms with Gasteiger partial charge in [-0.05, 0) is 44.8 Å². The molecule has 1 unspecified atom stereocenters. The van der Waals surface area contributed by atoms with E-state index in [-0.39, 0.29) is 24.0 Å². The van der Waals surface area contributed by atoms with E-state index in [9.17, 15) is 0 Å². The van der Waals surface area contributed by atoms with Gasteiger partial charge in [0, 0.05) is 26.2 Å². The van der Waals surface area contributed by atoms with Crippen LogP contribution in [-0.2, 0) is 20.0 Å². The highest BCUT2D eigenvalue weighted by atomic mass is 127. The summed E-state index contributed by atoms with van der Waals surface area (Å²) < 4.78 is 1.99. The number of aromatic nitrogens is 3. The normalized spacial score (nSPS) is 17.2. The predicted molar refractivity (Wildman–Crippen MR) is 129 cm³/mol. The van der Waals surface area contributed by atoms with E-state index in [4.69, 9.17) is 4.99 Å². The maximum Gasteiger partial charge on any atom is 0.191 e. The van der Waals surface area contributed by atoms with Gasteiger partial charge in [-0.1, -0.05) is 37.3 Å². The molecule has 0 bridgehead atoms. The van der Waals surface area contributed by atoms with Crippen molar-refractivity contribution in [2.24, 2.45) is 12.0 Å². The molecule has 1 saturated heterocycles. The molecule has 1 fully saturated rings. The van der Waals surface area contributed by atoms with Gasteiger partial charge < -0.3 is 15.2 Å². The predicted octanol–water partition coefficient (Wildman–Crippen LogP) is 2.50. The number of nitrogens with zero attached hydrogens (tertiary/aromatic N) is 5. The summed E-state index contributed by atoms with van der Waals surface area (Å²) >= 11 is 0. The maximum atomic E-state index is 4.76. The standard InChI is InChI=1S/C21H33N7.HI/c1-4-28-14-8-11-19(28)15-23-21(22-13-12-18-9-6-5-7-10-18)24-16-20-26-25-17(2)27(20)3;/h5-7,9-10,19H,4,8,11-16H2,1-3H3,(H2,22,23,24);1H. The van der Waals surface area contributed by atoms with Crippen LogP contribution in [0.4, 0.5) is 0 Å². The van der Waals surface area contributed by atoms with Crippen molar-refractivity contribution in [2.45, 2.75) is 45.7 Å². The second-order valence-corrected chi connectivity index (χ2v) is 7.36. The molecule has 1 aromatic carbocycles. The maximum absolute atomic E-state index is 4.76. The fourth-order valence-electron chi connectivity index (χ4n) is 3.64. The van der Waals surface area contributed by atoms with Crippen LogP contribution in [-0.4, -0.2) is 57.8 Å². The molecule has 29 heavy (non-hydrogen) atoms. The number of rotatable bonds is 8. The molecule has 7 nitrogen and oxygen atoms in total. The van der Waals surface area contributed by atoms with E-state index in [1.54, 1.807) is 0 Å². The Morgan fingerprint density at radius 2 is 2.00 bits per heavy atom. The van der Waals surface area contributed by atoms with E-state index in [0.29, 0.717) is 12.6 Å². The monoisotopic (exact) mass is 511 g/mol. The van der Waals surface area contributed by atoms with Crippen LogP contribution in [0.15, 0.2) is 35.3 Å². The zero-order chi connectivity index (χ0) is 19.8. The van der Waals surface area contributed by atoms with Gasteiger partial charge in [0.1, 0.15) is 12.4 Å². The average Bonchev–Trinajstić information content (AvgIpc) is 3.31. The zero-order valence-electron chi connectivity index (χ0n) is 17.8. The number of halogens is 1. The minimum absolute atomic E-state index is 0. The second kappa shape index (κ2) is 12.1. The summed E-state index contributed by atoms with van der Waals surface area (Å²) in [5.41, 5.74) is 1.33. The van der Waals surface area contributed by atoms with Crippen LogP contribution in [0.1, 0.15) is 37.0 Å². The molecule has 8 heteroatoms. The van der Waals surface area contributed by atoms with Gasteiger partial charge in [-0.2, -0.15) is 0 Å². The van der Waals surface area contributed by atoms with Crippen LogP contribution in [0.5, 0.6) is 0 Å². The Morgan fingerprint density at radius 1 is 1.21 bits per heavy atom. The molecule has 2 N–H and O–H groups in total. The molecule has 2 aromatic rings. The molecular formula is C21H34IN7. The van der Waals surface area contributed by atoms with E-state index in [2.05, 4.69) is 63.0 Å². The number of hydrogen-bond donors (Lipinski definition) is 2. The second-order valence-electron chi connectivity index (χ2n) is 7.36. The van der Waals surface area contributed by atoms with Gasteiger partial charge in [-0.25, -0.2) is 4.99 Å². The van der Waals surface area contributed by atoms with Crippen LogP contribution < -0.4 is 10.6 Å². The molecule has 0 aliphatic carbocycles. The molecule has 2 heterocycles. The molecule has 1 aromatic heterocycles. The summed E-state index contributed by atoms with van der Waals surface area (Å²) in [5.74, 6) is 2.62. The molecule has 0 radical (unpaired) electrons. The first kappa shape index (κ1) is 23.6. The lowest BCUT2D eigenvalue weighted by Gasteiger charge is -2.24. The molecule has 1 aliphatic rings. The van der Waals surface area contributed by atoms with Crippen molar-refractivity contribution in [3.8, 4) is 0 Å². The summed E-state index contributed by atoms with van der Waals surface area (Å²) in [6.45, 7) is 8.78. The number of aryl methyl sites for hydroxylation is 1. The minimum Gasteiger partial charge on any atom is -0.356 e. The summed E-state index contributed by atoms with van der Waals surface area (Å²) in [6.07, 6.45) is 3.50. The number of nitrogens with one attached hydrogen (secondary N) is 2. The summed E-state index contributed by atoms with van der Waals surface area (Å²) in [5, 5.41) is 15.4. The first-order valence-electron chi connectivity index (χ1n) is 10.3. The Morgan fingerprint density at radius 3 is 2.69 bits per heavy atom. The van der Waals surface area contributed by atoms with Crippen LogP contribution in [0.2, 0.25) is 0 Å². The fourth-order valence-corrected chi connectivity index (χ4v) is 3.64. The highest BCUT2D eigenvalue weighted by Crippen LogP contribution is 2.15. The van der Waals surface area contributed by atoms with Crippen molar-refractivity contribution in [3.63, 3.8) is 0 Å². The largest absolute Gasteiger partial charge is 0.356 e. The van der Waals surface area contributed by atoms with Crippen molar-refractivity contribution in [3.05, 3.63) is 47.5 Å². The molecule has 160 valence electrons. The molecule has 3 rings (SSSR count). The van der Waals surface area contributed by atoms with Gasteiger partial charge in [0.05, 0.1) is 0 Å². The van der Waals surface area contributed by atoms with Gasteiger partial charge in [0.25, 0.3) is 0 Å². The van der Waals surface area contributed by atoms with E-state index in [1.165, 1.54) is 24.9 Å². The third kappa shape index (κ3) is 6.95. The van der Waals surface area contributed by atoms with Crippen molar-refractivity contribution in [2.75, 3.05) is 26.2 Å². The van der Waals surface area contributed by atoms with Crippen molar-refractivity contribution < 1.29 is 0 Å². The third-order valence-corrected chi connectivity index (χ3v) is 5.52. The third-order valence-electron chi connectivity index (χ3n) is 5.52. The number of likely N-dealkylation sites (N-methyl/N-ethyl adjacent to an activating group) is 1. The lowest BCUT2D eigenvalue weighted by Crippen LogP contribution is -2.45. The zero-order valence-corrected chi connectivity index (χ0v) is 20.1. The van der Waals surface area contributed by atoms with Crippen LogP contribution in [0.25, 0.3) is 0 Å². The topological polar surface area (TPSA) is 70.4 Å². The van der Waals surface area contributed by atoms with E-state index < -0.39 is 0 Å². The number of likely N-dealkylation sites (tertiary alicyclic amines) is 1. The van der Waals surface area contributed by atoms with Crippen molar-refractivity contribution in [1.82, 2.24) is 30.3 Å². The Balaban J connectivity index is 0.00000300. The van der Waals surface area contributed by atoms with Gasteiger partial charge in [-0.3, -0.25) is 4.90 Å². The summed E-state index contributed by atoms with van der Waals surface area (Å²) in [4.78, 5) is 7.31. The Hall–Kier alpha value is -1.68. The highest BCUT2D eigenvalue weighted by Gasteiger charge is 2.22. The van der Waals surface area contributed by atoms with E-state index in [1.807, 2.05) is 18.5 Å². The Kier molecular flexibility index (Phi) is 9.86. The SMILES string of the molecule is CCN1CCCC1CNC(=NCc1nnc(C)n1C)NCCc1ccccc1.I. The van der Waals surface area contributed by atoms with Crippen molar-refractivity contribution in [1.29, 1.82) is 0 Å². The van der Waals surface area contributed by atoms with Crippen LogP contribution >= 0.6 is 24.0 Å². The summed E-state index contributed by atoms with van der Waals surface area (Å²) in [7, 11) is 1.98. The number of hydrogen-bond acceptors (Lipinski definition) is 4. The summed E-state index contributed by atoms with van der Waals surface area (Å²) in [6, 6.07) is 11.1. The van der Waals surface area contributed by atoms with Crippen LogP contribution in [0.3, 0.4) is 0 Å². The lowest BCUT2D eigenvalue weighted by atomic mass is 10.1. The number of guanidine groups is 1. The number of aliphatic imine (C=N–C) groups is 1. The number of benzene rings is 1. The lowest BCUT2D eigenvalue weighted by molar-refractivity contribution is 0.267. The van der Waals surface area contributed by atoms with E-state index >= 15 is 0 Å². The van der Waals surface area contributed by atoms with E-state index in [0.717, 1.165) is 43.7 Å². The quantitative estimate of drug-likeness (QED) is 0.324. The van der Waals surface area contributed by atoms with Crippen LogP contribution in [0, 0.1) is 6.92 Å². The highest BCUT2D eigenvalue weighted by molar-refractivity contribution is 14.0. The van der Waals surface area contributed by atoms with Gasteiger partial charge in [-0.15, -0.1) is 34.2 Å². The molecule has 0 amide bonds. The van der Waals surface area contributed by atoms with Crippen molar-refractivity contribution >= 4 is 29.9 Å². The fraction of sp³-hybridized carbons (Fsp3) is 0.571. The van der Waals surface area contributed by atoms with Gasteiger partial charge in [0.2, 0.25) is 0 Å². The Labute approximate surface area is 191 Å². The molecule has 0 saturated carbocycles. The first-order chi connectivity index (χ1) is 13.7.